The van der Waals surface area contributed by atoms with Crippen LogP contribution in [0.4, 0.5) is 4.39 Å². The van der Waals surface area contributed by atoms with Crippen LogP contribution >= 0.6 is 24.0 Å². The zero-order valence-electron chi connectivity index (χ0n) is 15.8. The van der Waals surface area contributed by atoms with E-state index in [2.05, 4.69) is 27.8 Å². The highest BCUT2D eigenvalue weighted by molar-refractivity contribution is 14.0. The summed E-state index contributed by atoms with van der Waals surface area (Å²) >= 11 is 0. The van der Waals surface area contributed by atoms with E-state index in [0.29, 0.717) is 13.3 Å². The SMILES string of the molecule is CN=C(NCCc1cccc(F)c1)NCC1(c2ccc3c(c2)OCO3)CC1.I. The van der Waals surface area contributed by atoms with Crippen molar-refractivity contribution in [2.24, 2.45) is 4.99 Å². The number of fused-ring (bicyclic) bond motifs is 1. The zero-order valence-corrected chi connectivity index (χ0v) is 18.2. The molecule has 1 aliphatic heterocycles. The van der Waals surface area contributed by atoms with E-state index in [0.717, 1.165) is 48.8 Å². The highest BCUT2D eigenvalue weighted by Gasteiger charge is 2.44. The van der Waals surface area contributed by atoms with Gasteiger partial charge in [-0.1, -0.05) is 18.2 Å². The molecule has 0 saturated heterocycles. The van der Waals surface area contributed by atoms with E-state index in [9.17, 15) is 4.39 Å². The van der Waals surface area contributed by atoms with Crippen LogP contribution < -0.4 is 20.1 Å². The first kappa shape index (κ1) is 20.7. The van der Waals surface area contributed by atoms with Gasteiger partial charge in [-0.3, -0.25) is 4.99 Å². The van der Waals surface area contributed by atoms with Gasteiger partial charge in [0.05, 0.1) is 0 Å². The predicted octanol–water partition coefficient (Wildman–Crippen LogP) is 3.61. The molecule has 4 rings (SSSR count). The highest BCUT2D eigenvalue weighted by atomic mass is 127. The van der Waals surface area contributed by atoms with Crippen LogP contribution in [0.1, 0.15) is 24.0 Å². The zero-order chi connectivity index (χ0) is 18.7. The van der Waals surface area contributed by atoms with Crippen LogP contribution in [0, 0.1) is 5.82 Å². The van der Waals surface area contributed by atoms with E-state index in [1.807, 2.05) is 12.1 Å². The van der Waals surface area contributed by atoms with Gasteiger partial charge >= 0.3 is 0 Å². The lowest BCUT2D eigenvalue weighted by atomic mass is 9.95. The van der Waals surface area contributed by atoms with Crippen molar-refractivity contribution < 1.29 is 13.9 Å². The van der Waals surface area contributed by atoms with E-state index in [-0.39, 0.29) is 35.2 Å². The molecule has 0 spiro atoms. The fraction of sp³-hybridized carbons (Fsp3) is 0.381. The minimum absolute atomic E-state index is 0. The Balaban J connectivity index is 0.00000225. The molecule has 28 heavy (non-hydrogen) atoms. The third-order valence-corrected chi connectivity index (χ3v) is 5.25. The summed E-state index contributed by atoms with van der Waals surface area (Å²) in [6, 6.07) is 12.9. The molecule has 1 fully saturated rings. The molecular formula is C21H25FIN3O2. The van der Waals surface area contributed by atoms with Crippen LogP contribution in [-0.2, 0) is 11.8 Å². The molecule has 2 aromatic rings. The van der Waals surface area contributed by atoms with Gasteiger partial charge in [0.15, 0.2) is 17.5 Å². The fourth-order valence-electron chi connectivity index (χ4n) is 3.44. The second-order valence-corrected chi connectivity index (χ2v) is 7.08. The fourth-order valence-corrected chi connectivity index (χ4v) is 3.44. The van der Waals surface area contributed by atoms with Crippen LogP contribution in [0.15, 0.2) is 47.5 Å². The third kappa shape index (κ3) is 4.68. The summed E-state index contributed by atoms with van der Waals surface area (Å²) in [5, 5.41) is 6.73. The number of ether oxygens (including phenoxy) is 2. The summed E-state index contributed by atoms with van der Waals surface area (Å²) in [4.78, 5) is 4.29. The number of nitrogens with one attached hydrogen (secondary N) is 2. The number of aliphatic imine (C=N–C) groups is 1. The number of benzene rings is 2. The maximum Gasteiger partial charge on any atom is 0.231 e. The van der Waals surface area contributed by atoms with E-state index in [4.69, 9.17) is 9.47 Å². The second-order valence-electron chi connectivity index (χ2n) is 7.08. The van der Waals surface area contributed by atoms with Gasteiger partial charge < -0.3 is 20.1 Å². The standard InChI is InChI=1S/C21H24FN3O2.HI/c1-23-20(24-10-7-15-3-2-4-17(22)11-15)25-13-21(8-9-21)16-5-6-18-19(12-16)27-14-26-18;/h2-6,11-12H,7-10,13-14H2,1H3,(H2,23,24,25);1H. The molecule has 7 heteroatoms. The maximum atomic E-state index is 13.2. The van der Waals surface area contributed by atoms with Gasteiger partial charge in [-0.15, -0.1) is 24.0 Å². The second kappa shape index (κ2) is 8.98. The molecule has 1 heterocycles. The number of hydrogen-bond acceptors (Lipinski definition) is 3. The van der Waals surface area contributed by atoms with Crippen molar-refractivity contribution in [1.82, 2.24) is 10.6 Å². The Bertz CT molecular complexity index is 855. The van der Waals surface area contributed by atoms with Crippen molar-refractivity contribution in [2.75, 3.05) is 26.9 Å². The molecule has 0 atom stereocenters. The number of rotatable bonds is 6. The van der Waals surface area contributed by atoms with Crippen molar-refractivity contribution in [1.29, 1.82) is 0 Å². The molecule has 2 aliphatic rings. The number of hydrogen-bond donors (Lipinski definition) is 2. The number of nitrogens with zero attached hydrogens (tertiary/aromatic N) is 1. The van der Waals surface area contributed by atoms with Crippen molar-refractivity contribution >= 4 is 29.9 Å². The monoisotopic (exact) mass is 497 g/mol. The molecule has 1 saturated carbocycles. The lowest BCUT2D eigenvalue weighted by molar-refractivity contribution is 0.174. The smallest absolute Gasteiger partial charge is 0.231 e. The van der Waals surface area contributed by atoms with E-state index < -0.39 is 0 Å². The Labute approximate surface area is 181 Å². The third-order valence-electron chi connectivity index (χ3n) is 5.25. The molecule has 0 aromatic heterocycles. The topological polar surface area (TPSA) is 54.9 Å². The Morgan fingerprint density at radius 1 is 1.11 bits per heavy atom. The molecule has 1 aliphatic carbocycles. The van der Waals surface area contributed by atoms with Crippen molar-refractivity contribution in [2.45, 2.75) is 24.7 Å². The van der Waals surface area contributed by atoms with Gasteiger partial charge in [-0.25, -0.2) is 4.39 Å². The largest absolute Gasteiger partial charge is 0.454 e. The summed E-state index contributed by atoms with van der Waals surface area (Å²) in [5.41, 5.74) is 2.37. The van der Waals surface area contributed by atoms with Crippen LogP contribution in [0.25, 0.3) is 0 Å². The van der Waals surface area contributed by atoms with Gasteiger partial charge in [0.2, 0.25) is 6.79 Å². The summed E-state index contributed by atoms with van der Waals surface area (Å²) in [6.07, 6.45) is 3.02. The van der Waals surface area contributed by atoms with Crippen molar-refractivity contribution in [3.63, 3.8) is 0 Å². The summed E-state index contributed by atoms with van der Waals surface area (Å²) in [6.45, 7) is 1.80. The molecule has 2 N–H and O–H groups in total. The predicted molar refractivity (Wildman–Crippen MR) is 118 cm³/mol. The first-order valence-electron chi connectivity index (χ1n) is 9.28. The van der Waals surface area contributed by atoms with Crippen molar-refractivity contribution in [3.8, 4) is 11.5 Å². The minimum atomic E-state index is -0.200. The average molecular weight is 497 g/mol. The van der Waals surface area contributed by atoms with E-state index >= 15 is 0 Å². The highest BCUT2D eigenvalue weighted by Crippen LogP contribution is 2.49. The Morgan fingerprint density at radius 3 is 2.68 bits per heavy atom. The van der Waals surface area contributed by atoms with Crippen LogP contribution in [0.2, 0.25) is 0 Å². The van der Waals surface area contributed by atoms with E-state index in [1.54, 1.807) is 19.2 Å². The first-order chi connectivity index (χ1) is 13.2. The molecule has 0 unspecified atom stereocenters. The molecule has 5 nitrogen and oxygen atoms in total. The summed E-state index contributed by atoms with van der Waals surface area (Å²) < 4.78 is 24.2. The molecule has 0 amide bonds. The Kier molecular flexibility index (Phi) is 6.64. The van der Waals surface area contributed by atoms with Crippen molar-refractivity contribution in [3.05, 3.63) is 59.4 Å². The first-order valence-corrected chi connectivity index (χ1v) is 9.28. The number of halogens is 2. The van der Waals surface area contributed by atoms with Gasteiger partial charge in [0.25, 0.3) is 0 Å². The normalized spacial score (nSPS) is 16.3. The van der Waals surface area contributed by atoms with Gasteiger partial charge in [-0.05, 0) is 54.7 Å². The number of guanidine groups is 1. The van der Waals surface area contributed by atoms with Crippen LogP contribution in [-0.4, -0.2) is 32.9 Å². The van der Waals surface area contributed by atoms with Crippen LogP contribution in [0.5, 0.6) is 11.5 Å². The summed E-state index contributed by atoms with van der Waals surface area (Å²) in [5.74, 6) is 2.21. The lowest BCUT2D eigenvalue weighted by Crippen LogP contribution is -2.41. The maximum absolute atomic E-state index is 13.2. The van der Waals surface area contributed by atoms with Crippen LogP contribution in [0.3, 0.4) is 0 Å². The average Bonchev–Trinajstić information content (AvgIpc) is 3.32. The molecule has 2 aromatic carbocycles. The molecule has 0 bridgehead atoms. The van der Waals surface area contributed by atoms with E-state index in [1.165, 1.54) is 11.6 Å². The van der Waals surface area contributed by atoms with Gasteiger partial charge in [-0.2, -0.15) is 0 Å². The van der Waals surface area contributed by atoms with Gasteiger partial charge in [0, 0.05) is 25.6 Å². The minimum Gasteiger partial charge on any atom is -0.454 e. The Hall–Kier alpha value is -2.03. The van der Waals surface area contributed by atoms with Gasteiger partial charge in [0.1, 0.15) is 5.82 Å². The molecule has 150 valence electrons. The molecule has 0 radical (unpaired) electrons. The summed E-state index contributed by atoms with van der Waals surface area (Å²) in [7, 11) is 1.76. The Morgan fingerprint density at radius 2 is 1.93 bits per heavy atom. The molecular weight excluding hydrogens is 472 g/mol. The lowest BCUT2D eigenvalue weighted by Gasteiger charge is -2.19. The quantitative estimate of drug-likeness (QED) is 0.364.